The van der Waals surface area contributed by atoms with Gasteiger partial charge in [-0.1, -0.05) is 12.1 Å². The number of imidazole rings is 1. The summed E-state index contributed by atoms with van der Waals surface area (Å²) in [5.74, 6) is -5.28. The monoisotopic (exact) mass is 566 g/mol. The van der Waals surface area contributed by atoms with Crippen LogP contribution >= 0.6 is 0 Å². The molecule has 2 saturated heterocycles. The number of aromatic amines is 1. The molecule has 40 heavy (non-hydrogen) atoms. The number of likely N-dealkylation sites (tertiary alicyclic amines) is 2. The van der Waals surface area contributed by atoms with Gasteiger partial charge in [0.25, 0.3) is 0 Å². The number of fused-ring (bicyclic) bond motifs is 1. The Bertz CT molecular complexity index is 1460. The summed E-state index contributed by atoms with van der Waals surface area (Å²) >= 11 is 0. The van der Waals surface area contributed by atoms with Crippen molar-refractivity contribution in [3.8, 4) is 0 Å². The first-order valence-electron chi connectivity index (χ1n) is 12.9. The van der Waals surface area contributed by atoms with Crippen LogP contribution in [0, 0.1) is 11.6 Å². The van der Waals surface area contributed by atoms with Crippen molar-refractivity contribution in [1.29, 1.82) is 0 Å². The fourth-order valence-electron chi connectivity index (χ4n) is 5.66. The molecule has 1 aromatic carbocycles. The minimum absolute atomic E-state index is 0.114. The van der Waals surface area contributed by atoms with E-state index in [9.17, 15) is 36.3 Å². The fourth-order valence-corrected chi connectivity index (χ4v) is 5.66. The van der Waals surface area contributed by atoms with Crippen molar-refractivity contribution in [1.82, 2.24) is 29.7 Å². The number of carbonyl (C=O) groups is 2. The topological polar surface area (TPSA) is 103 Å². The lowest BCUT2D eigenvalue weighted by molar-refractivity contribution is -0.185. The Hall–Kier alpha value is -3.97. The lowest BCUT2D eigenvalue weighted by atomic mass is 9.93. The number of rotatable bonds is 3. The first-order valence-corrected chi connectivity index (χ1v) is 12.9. The number of carbonyl (C=O) groups excluding carboxylic acids is 2. The summed E-state index contributed by atoms with van der Waals surface area (Å²) in [6.07, 6.45) is -2.36. The second-order valence-corrected chi connectivity index (χ2v) is 10.2. The van der Waals surface area contributed by atoms with Crippen LogP contribution in [0.1, 0.15) is 43.2 Å². The summed E-state index contributed by atoms with van der Waals surface area (Å²) in [5.41, 5.74) is 0.716. The van der Waals surface area contributed by atoms with Crippen LogP contribution in [0.15, 0.2) is 41.3 Å². The summed E-state index contributed by atoms with van der Waals surface area (Å²) in [6, 6.07) is 5.45. The molecule has 3 aromatic rings. The second-order valence-electron chi connectivity index (χ2n) is 10.2. The molecule has 3 amide bonds. The van der Waals surface area contributed by atoms with Gasteiger partial charge in [0.2, 0.25) is 0 Å². The fraction of sp³-hybridized carbons (Fsp3) is 0.462. The number of urea groups is 1. The molecular formula is C26H27F5N6O3. The molecule has 0 spiro atoms. The van der Waals surface area contributed by atoms with Crippen molar-refractivity contribution in [3.05, 3.63) is 64.2 Å². The molecule has 0 unspecified atom stereocenters. The van der Waals surface area contributed by atoms with Crippen LogP contribution in [0.5, 0.6) is 0 Å². The molecule has 2 N–H and O–H groups in total. The highest BCUT2D eigenvalue weighted by Crippen LogP contribution is 2.32. The third kappa shape index (κ3) is 5.52. The van der Waals surface area contributed by atoms with Gasteiger partial charge in [0.05, 0.1) is 5.52 Å². The lowest BCUT2D eigenvalue weighted by Gasteiger charge is -2.34. The first-order chi connectivity index (χ1) is 19.0. The standard InChI is InChI=1S/C26H27F5N6O3/c27-19-4-1-3-18(21(19)28)15-6-7-16(14-36(13-15)23(38)26(29,30)31)33-24(39)35-11-8-17(9-12-35)37-20-5-2-10-32-22(20)34-25(37)40/h1-5,10,15-17H,6-9,11-14H2,(H,33,39)(H,32,34,40)/t15-,16-/m1/s1. The van der Waals surface area contributed by atoms with Gasteiger partial charge < -0.3 is 15.1 Å². The number of aromatic nitrogens is 3. The van der Waals surface area contributed by atoms with E-state index in [2.05, 4.69) is 15.3 Å². The quantitative estimate of drug-likeness (QED) is 0.472. The summed E-state index contributed by atoms with van der Waals surface area (Å²) in [7, 11) is 0. The van der Waals surface area contributed by atoms with Gasteiger partial charge in [-0.3, -0.25) is 14.3 Å². The number of H-pyrrole nitrogens is 1. The number of alkyl halides is 3. The molecule has 4 heterocycles. The molecule has 214 valence electrons. The van der Waals surface area contributed by atoms with Crippen molar-refractivity contribution in [3.63, 3.8) is 0 Å². The highest BCUT2D eigenvalue weighted by atomic mass is 19.4. The van der Waals surface area contributed by atoms with Crippen LogP contribution in [0.4, 0.5) is 26.7 Å². The minimum atomic E-state index is -5.16. The number of pyridine rings is 1. The van der Waals surface area contributed by atoms with Crippen LogP contribution in [0.25, 0.3) is 11.2 Å². The number of piperidine rings is 1. The largest absolute Gasteiger partial charge is 0.471 e. The molecule has 2 aliphatic heterocycles. The summed E-state index contributed by atoms with van der Waals surface area (Å²) in [4.78, 5) is 46.7. The average molecular weight is 567 g/mol. The predicted molar refractivity (Wildman–Crippen MR) is 133 cm³/mol. The smallest absolute Gasteiger partial charge is 0.333 e. The van der Waals surface area contributed by atoms with Gasteiger partial charge in [0, 0.05) is 50.4 Å². The zero-order valence-electron chi connectivity index (χ0n) is 21.3. The van der Waals surface area contributed by atoms with Crippen LogP contribution in [-0.2, 0) is 4.79 Å². The van der Waals surface area contributed by atoms with Crippen molar-refractivity contribution >= 4 is 23.1 Å². The average Bonchev–Trinajstić information content (AvgIpc) is 3.12. The normalized spacial score (nSPS) is 20.9. The molecule has 2 fully saturated rings. The molecule has 0 bridgehead atoms. The molecule has 2 aliphatic rings. The Balaban J connectivity index is 1.27. The third-order valence-electron chi connectivity index (χ3n) is 7.63. The van der Waals surface area contributed by atoms with Crippen LogP contribution in [0.3, 0.4) is 0 Å². The number of hydrogen-bond acceptors (Lipinski definition) is 4. The Labute approximate surface area is 225 Å². The van der Waals surface area contributed by atoms with E-state index in [1.54, 1.807) is 22.9 Å². The van der Waals surface area contributed by atoms with E-state index in [1.165, 1.54) is 17.0 Å². The van der Waals surface area contributed by atoms with Gasteiger partial charge in [-0.05, 0) is 49.4 Å². The molecule has 2 aromatic heterocycles. The Morgan fingerprint density at radius 2 is 1.73 bits per heavy atom. The Morgan fingerprint density at radius 1 is 0.975 bits per heavy atom. The van der Waals surface area contributed by atoms with E-state index in [0.717, 1.165) is 6.07 Å². The van der Waals surface area contributed by atoms with Gasteiger partial charge >= 0.3 is 23.8 Å². The summed E-state index contributed by atoms with van der Waals surface area (Å²) in [6.45, 7) is -0.299. The maximum atomic E-state index is 14.5. The molecule has 14 heteroatoms. The highest BCUT2D eigenvalue weighted by molar-refractivity contribution is 5.82. The number of halogens is 5. The van der Waals surface area contributed by atoms with Gasteiger partial charge in [0.1, 0.15) is 0 Å². The van der Waals surface area contributed by atoms with Gasteiger partial charge in [-0.15, -0.1) is 0 Å². The van der Waals surface area contributed by atoms with E-state index in [-0.39, 0.29) is 30.1 Å². The second kappa shape index (κ2) is 10.9. The maximum Gasteiger partial charge on any atom is 0.471 e. The molecule has 2 atom stereocenters. The minimum Gasteiger partial charge on any atom is -0.333 e. The van der Waals surface area contributed by atoms with Gasteiger partial charge in [-0.2, -0.15) is 13.2 Å². The van der Waals surface area contributed by atoms with Crippen molar-refractivity contribution in [2.75, 3.05) is 26.2 Å². The van der Waals surface area contributed by atoms with Gasteiger partial charge in [0.15, 0.2) is 17.3 Å². The molecule has 5 rings (SSSR count). The number of amides is 3. The molecule has 0 radical (unpaired) electrons. The number of nitrogens with zero attached hydrogens (tertiary/aromatic N) is 4. The Kier molecular flexibility index (Phi) is 7.51. The molecule has 0 aliphatic carbocycles. The maximum absolute atomic E-state index is 14.5. The summed E-state index contributed by atoms with van der Waals surface area (Å²) < 4.78 is 70.0. The zero-order valence-corrected chi connectivity index (χ0v) is 21.3. The van der Waals surface area contributed by atoms with E-state index >= 15 is 0 Å². The van der Waals surface area contributed by atoms with E-state index in [0.29, 0.717) is 42.0 Å². The van der Waals surface area contributed by atoms with Crippen LogP contribution in [-0.4, -0.2) is 74.7 Å². The first kappa shape index (κ1) is 27.6. The SMILES string of the molecule is O=C(N[C@@H]1CC[C@@H](c2cccc(F)c2F)CN(C(=O)C(F)(F)F)C1)N1CCC(n2c(=O)[nH]c3ncccc32)CC1. The van der Waals surface area contributed by atoms with E-state index in [1.807, 2.05) is 0 Å². The predicted octanol–water partition coefficient (Wildman–Crippen LogP) is 3.69. The van der Waals surface area contributed by atoms with Crippen molar-refractivity contribution < 1.29 is 31.5 Å². The van der Waals surface area contributed by atoms with E-state index in [4.69, 9.17) is 0 Å². The molecular weight excluding hydrogens is 539 g/mol. The Morgan fingerprint density at radius 3 is 2.45 bits per heavy atom. The zero-order chi connectivity index (χ0) is 28.6. The van der Waals surface area contributed by atoms with Crippen LogP contribution in [0.2, 0.25) is 0 Å². The lowest BCUT2D eigenvalue weighted by Crippen LogP contribution is -2.52. The summed E-state index contributed by atoms with van der Waals surface area (Å²) in [5, 5.41) is 2.73. The van der Waals surface area contributed by atoms with E-state index < -0.39 is 54.8 Å². The number of benzene rings is 1. The molecule has 0 saturated carbocycles. The van der Waals surface area contributed by atoms with Crippen molar-refractivity contribution in [2.24, 2.45) is 0 Å². The molecule has 9 nitrogen and oxygen atoms in total. The number of hydrogen-bond donors (Lipinski definition) is 2. The number of nitrogens with one attached hydrogen (secondary N) is 2. The highest BCUT2D eigenvalue weighted by Gasteiger charge is 2.45. The van der Waals surface area contributed by atoms with Crippen LogP contribution < -0.4 is 11.0 Å². The third-order valence-corrected chi connectivity index (χ3v) is 7.63. The van der Waals surface area contributed by atoms with Crippen molar-refractivity contribution in [2.45, 2.75) is 49.9 Å². The van der Waals surface area contributed by atoms with Gasteiger partial charge in [-0.25, -0.2) is 23.4 Å².